The Morgan fingerprint density at radius 3 is 2.88 bits per heavy atom. The van der Waals surface area contributed by atoms with Gasteiger partial charge in [-0.2, -0.15) is 0 Å². The summed E-state index contributed by atoms with van der Waals surface area (Å²) in [7, 11) is 1.81. The third kappa shape index (κ3) is 4.46. The maximum atomic E-state index is 11.9. The molecule has 0 saturated heterocycles. The number of anilines is 1. The first kappa shape index (κ1) is 14.2. The predicted octanol–water partition coefficient (Wildman–Crippen LogP) is 1.70. The van der Waals surface area contributed by atoms with Gasteiger partial charge in [-0.25, -0.2) is 0 Å². The highest BCUT2D eigenvalue weighted by molar-refractivity contribution is 9.10. The quantitative estimate of drug-likeness (QED) is 0.870. The number of hydrogen-bond donors (Lipinski definition) is 2. The Hall–Kier alpha value is -0.910. The van der Waals surface area contributed by atoms with E-state index in [1.165, 1.54) is 0 Å². The largest absolute Gasteiger partial charge is 0.395 e. The number of hydrogen-bond acceptors (Lipinski definition) is 3. The molecule has 1 aromatic rings. The van der Waals surface area contributed by atoms with Crippen LogP contribution in [0.3, 0.4) is 0 Å². The summed E-state index contributed by atoms with van der Waals surface area (Å²) in [5.41, 5.74) is 0.758. The van der Waals surface area contributed by atoms with Crippen molar-refractivity contribution in [1.82, 2.24) is 4.90 Å². The van der Waals surface area contributed by atoms with E-state index < -0.39 is 0 Å². The summed E-state index contributed by atoms with van der Waals surface area (Å²) < 4.78 is 0.923. The van der Waals surface area contributed by atoms with E-state index >= 15 is 0 Å². The third-order valence-electron chi connectivity index (χ3n) is 2.59. The maximum Gasteiger partial charge on any atom is 0.241 e. The van der Waals surface area contributed by atoms with Crippen LogP contribution in [0.5, 0.6) is 0 Å². The molecule has 94 valence electrons. The summed E-state index contributed by atoms with van der Waals surface area (Å²) in [6.07, 6.45) is 0. The molecule has 17 heavy (non-hydrogen) atoms. The molecule has 1 unspecified atom stereocenters. The van der Waals surface area contributed by atoms with Crippen molar-refractivity contribution < 1.29 is 9.90 Å². The first-order valence-corrected chi connectivity index (χ1v) is 6.21. The first-order valence-electron chi connectivity index (χ1n) is 5.42. The molecule has 0 saturated carbocycles. The van der Waals surface area contributed by atoms with Gasteiger partial charge in [-0.05, 0) is 32.2 Å². The lowest BCUT2D eigenvalue weighted by atomic mass is 10.2. The van der Waals surface area contributed by atoms with Crippen molar-refractivity contribution >= 4 is 27.5 Å². The third-order valence-corrected chi connectivity index (χ3v) is 3.08. The molecular formula is C12H17BrN2O2. The zero-order valence-electron chi connectivity index (χ0n) is 9.98. The van der Waals surface area contributed by atoms with Gasteiger partial charge in [0.1, 0.15) is 0 Å². The summed E-state index contributed by atoms with van der Waals surface area (Å²) >= 11 is 3.35. The molecule has 0 aliphatic carbocycles. The second kappa shape index (κ2) is 6.74. The summed E-state index contributed by atoms with van der Waals surface area (Å²) in [6, 6.07) is 7.16. The lowest BCUT2D eigenvalue weighted by molar-refractivity contribution is -0.120. The smallest absolute Gasteiger partial charge is 0.241 e. The number of rotatable bonds is 5. The number of aliphatic hydroxyl groups is 1. The normalized spacial score (nSPS) is 12.5. The molecule has 0 aliphatic rings. The minimum atomic E-state index is -0.277. The lowest BCUT2D eigenvalue weighted by Gasteiger charge is -2.22. The molecule has 1 atom stereocenters. The Morgan fingerprint density at radius 1 is 1.59 bits per heavy atom. The van der Waals surface area contributed by atoms with Crippen LogP contribution in [0.1, 0.15) is 6.92 Å². The molecule has 0 radical (unpaired) electrons. The van der Waals surface area contributed by atoms with Crippen molar-refractivity contribution in [3.05, 3.63) is 28.7 Å². The highest BCUT2D eigenvalue weighted by atomic mass is 79.9. The van der Waals surface area contributed by atoms with Crippen molar-refractivity contribution in [3.8, 4) is 0 Å². The van der Waals surface area contributed by atoms with Crippen LogP contribution < -0.4 is 5.32 Å². The molecule has 0 aromatic heterocycles. The number of nitrogens with one attached hydrogen (secondary N) is 1. The van der Waals surface area contributed by atoms with Gasteiger partial charge >= 0.3 is 0 Å². The van der Waals surface area contributed by atoms with Crippen molar-refractivity contribution in [3.63, 3.8) is 0 Å². The SMILES string of the molecule is CC(C(=O)Nc1cccc(Br)c1)N(C)CCO. The van der Waals surface area contributed by atoms with Gasteiger partial charge in [-0.15, -0.1) is 0 Å². The molecule has 1 aromatic carbocycles. The molecule has 4 nitrogen and oxygen atoms in total. The minimum Gasteiger partial charge on any atom is -0.395 e. The summed E-state index contributed by atoms with van der Waals surface area (Å²) in [6.45, 7) is 2.33. The van der Waals surface area contributed by atoms with Crippen LogP contribution in [0.4, 0.5) is 5.69 Å². The van der Waals surface area contributed by atoms with Crippen molar-refractivity contribution in [2.45, 2.75) is 13.0 Å². The van der Waals surface area contributed by atoms with E-state index in [1.54, 1.807) is 11.9 Å². The summed E-state index contributed by atoms with van der Waals surface area (Å²) in [5.74, 6) is -0.0842. The number of amides is 1. The monoisotopic (exact) mass is 300 g/mol. The number of aliphatic hydroxyl groups excluding tert-OH is 1. The van der Waals surface area contributed by atoms with Crippen LogP contribution >= 0.6 is 15.9 Å². The van der Waals surface area contributed by atoms with Gasteiger partial charge < -0.3 is 10.4 Å². The summed E-state index contributed by atoms with van der Waals surface area (Å²) in [5, 5.41) is 11.6. The van der Waals surface area contributed by atoms with Crippen LogP contribution in [-0.4, -0.2) is 42.2 Å². The molecule has 1 amide bonds. The van der Waals surface area contributed by atoms with Crippen LogP contribution in [-0.2, 0) is 4.79 Å². The van der Waals surface area contributed by atoms with E-state index in [2.05, 4.69) is 21.2 Å². The van der Waals surface area contributed by atoms with Crippen molar-refractivity contribution in [2.24, 2.45) is 0 Å². The average Bonchev–Trinajstić information content (AvgIpc) is 2.28. The summed E-state index contributed by atoms with van der Waals surface area (Å²) in [4.78, 5) is 13.7. The van der Waals surface area contributed by atoms with Gasteiger partial charge in [0.15, 0.2) is 0 Å². The Labute approximate surface area is 110 Å². The van der Waals surface area contributed by atoms with E-state index in [0.717, 1.165) is 10.2 Å². The minimum absolute atomic E-state index is 0.0466. The predicted molar refractivity (Wildman–Crippen MR) is 71.9 cm³/mol. The Balaban J connectivity index is 2.60. The Bertz CT molecular complexity index is 385. The molecule has 0 aliphatic heterocycles. The van der Waals surface area contributed by atoms with Gasteiger partial charge in [-0.3, -0.25) is 9.69 Å². The second-order valence-electron chi connectivity index (χ2n) is 3.88. The second-order valence-corrected chi connectivity index (χ2v) is 4.80. The fourth-order valence-electron chi connectivity index (χ4n) is 1.36. The topological polar surface area (TPSA) is 52.6 Å². The van der Waals surface area contributed by atoms with Crippen LogP contribution in [0.25, 0.3) is 0 Å². The van der Waals surface area contributed by atoms with E-state index in [1.807, 2.05) is 31.2 Å². The number of carbonyl (C=O) groups excluding carboxylic acids is 1. The maximum absolute atomic E-state index is 11.9. The zero-order valence-corrected chi connectivity index (χ0v) is 11.6. The van der Waals surface area contributed by atoms with E-state index in [9.17, 15) is 4.79 Å². The van der Waals surface area contributed by atoms with Crippen molar-refractivity contribution in [1.29, 1.82) is 0 Å². The van der Waals surface area contributed by atoms with Gasteiger partial charge in [0.05, 0.1) is 12.6 Å². The fourth-order valence-corrected chi connectivity index (χ4v) is 1.76. The number of nitrogens with zero attached hydrogens (tertiary/aromatic N) is 1. The number of halogens is 1. The van der Waals surface area contributed by atoms with E-state index in [-0.39, 0.29) is 18.6 Å². The molecule has 0 heterocycles. The molecule has 0 fully saturated rings. The van der Waals surface area contributed by atoms with Gasteiger partial charge in [0.2, 0.25) is 5.91 Å². The van der Waals surface area contributed by atoms with Crippen molar-refractivity contribution in [2.75, 3.05) is 25.5 Å². The fraction of sp³-hybridized carbons (Fsp3) is 0.417. The van der Waals surface area contributed by atoms with Crippen LogP contribution in [0, 0.1) is 0 Å². The Morgan fingerprint density at radius 2 is 2.29 bits per heavy atom. The van der Waals surface area contributed by atoms with Crippen LogP contribution in [0.2, 0.25) is 0 Å². The molecule has 0 bridgehead atoms. The Kier molecular flexibility index (Phi) is 5.61. The van der Waals surface area contributed by atoms with Gasteiger partial charge in [0, 0.05) is 16.7 Å². The molecular weight excluding hydrogens is 284 g/mol. The van der Waals surface area contributed by atoms with E-state index in [4.69, 9.17) is 5.11 Å². The highest BCUT2D eigenvalue weighted by Gasteiger charge is 2.17. The average molecular weight is 301 g/mol. The number of likely N-dealkylation sites (N-methyl/N-ethyl adjacent to an activating group) is 1. The molecule has 1 rings (SSSR count). The van der Waals surface area contributed by atoms with Gasteiger partial charge in [0.25, 0.3) is 0 Å². The first-order chi connectivity index (χ1) is 8.04. The number of benzene rings is 1. The van der Waals surface area contributed by atoms with Gasteiger partial charge in [-0.1, -0.05) is 22.0 Å². The van der Waals surface area contributed by atoms with E-state index in [0.29, 0.717) is 6.54 Å². The molecule has 5 heteroatoms. The molecule has 0 spiro atoms. The lowest BCUT2D eigenvalue weighted by Crippen LogP contribution is -2.40. The van der Waals surface area contributed by atoms with Crippen LogP contribution in [0.15, 0.2) is 28.7 Å². The highest BCUT2D eigenvalue weighted by Crippen LogP contribution is 2.16. The zero-order chi connectivity index (χ0) is 12.8. The molecule has 2 N–H and O–H groups in total. The standard InChI is InChI=1S/C12H17BrN2O2/c1-9(15(2)6-7-16)12(17)14-11-5-3-4-10(13)8-11/h3-5,8-9,16H,6-7H2,1-2H3,(H,14,17). The number of carbonyl (C=O) groups is 1.